The van der Waals surface area contributed by atoms with Gasteiger partial charge in [-0.1, -0.05) is 152 Å². The van der Waals surface area contributed by atoms with Crippen LogP contribution in [0.25, 0.3) is 93.8 Å². The van der Waals surface area contributed by atoms with E-state index in [1.165, 1.54) is 26.9 Å². The van der Waals surface area contributed by atoms with E-state index in [1.54, 1.807) is 0 Å². The first-order valence-corrected chi connectivity index (χ1v) is 20.7. The van der Waals surface area contributed by atoms with E-state index < -0.39 is 0 Å². The molecule has 2 heterocycles. The third-order valence-corrected chi connectivity index (χ3v) is 12.0. The Hall–Kier alpha value is -8.21. The molecule has 0 aliphatic rings. The third kappa shape index (κ3) is 5.88. The molecule has 286 valence electrons. The van der Waals surface area contributed by atoms with Crippen molar-refractivity contribution in [2.45, 2.75) is 0 Å². The van der Waals surface area contributed by atoms with E-state index in [-0.39, 0.29) is 0 Å². The molecule has 0 saturated heterocycles. The lowest BCUT2D eigenvalue weighted by molar-refractivity contribution is 0.620. The van der Waals surface area contributed by atoms with Gasteiger partial charge in [0.1, 0.15) is 5.52 Å². The highest BCUT2D eigenvalue weighted by atomic mass is 16.3. The molecule has 0 aliphatic carbocycles. The minimum Gasteiger partial charge on any atom is -0.434 e. The van der Waals surface area contributed by atoms with Crippen LogP contribution in [0, 0.1) is 0 Å². The van der Waals surface area contributed by atoms with Gasteiger partial charge in [0.15, 0.2) is 5.58 Å². The van der Waals surface area contributed by atoms with Crippen molar-refractivity contribution in [2.75, 3.05) is 4.90 Å². The molecule has 61 heavy (non-hydrogen) atoms. The maximum Gasteiger partial charge on any atom is 0.227 e. The van der Waals surface area contributed by atoms with Crippen molar-refractivity contribution >= 4 is 71.5 Å². The van der Waals surface area contributed by atoms with Crippen molar-refractivity contribution in [1.29, 1.82) is 0 Å². The van der Waals surface area contributed by atoms with Crippen LogP contribution in [-0.4, -0.2) is 9.55 Å². The molecule has 0 saturated carbocycles. The van der Waals surface area contributed by atoms with Crippen LogP contribution in [0.4, 0.5) is 17.1 Å². The molecule has 0 amide bonds. The van der Waals surface area contributed by atoms with E-state index in [0.717, 1.165) is 72.5 Å². The fourth-order valence-corrected chi connectivity index (χ4v) is 9.13. The standard InChI is InChI=1S/C57H37N3O/c1-4-15-38(16-5-1)43-30-32-51(48(36-43)40-18-6-2-7-19-40)60(54-26-14-25-50-56(54)61-57(58-50)44-28-27-39-17-10-11-21-42(39)35-44)46-31-34-52-49(37-46)55-47-24-13-12-20-41(47)29-33-53(55)59(52)45-22-8-3-9-23-45/h1-37H. The quantitative estimate of drug-likeness (QED) is 0.162. The summed E-state index contributed by atoms with van der Waals surface area (Å²) < 4.78 is 9.31. The molecule has 0 aliphatic heterocycles. The molecule has 0 spiro atoms. The van der Waals surface area contributed by atoms with Crippen LogP contribution in [0.1, 0.15) is 0 Å². The Kier molecular flexibility index (Phi) is 8.13. The van der Waals surface area contributed by atoms with Gasteiger partial charge in [-0.3, -0.25) is 0 Å². The number of nitrogens with zero attached hydrogens (tertiary/aromatic N) is 3. The minimum absolute atomic E-state index is 0.587. The van der Waals surface area contributed by atoms with Gasteiger partial charge in [0.2, 0.25) is 5.89 Å². The maximum absolute atomic E-state index is 6.92. The van der Waals surface area contributed by atoms with Gasteiger partial charge in [-0.15, -0.1) is 0 Å². The van der Waals surface area contributed by atoms with Crippen molar-refractivity contribution in [3.63, 3.8) is 0 Å². The number of aromatic nitrogens is 2. The van der Waals surface area contributed by atoms with Gasteiger partial charge in [0.25, 0.3) is 0 Å². The van der Waals surface area contributed by atoms with Crippen LogP contribution < -0.4 is 4.90 Å². The molecular formula is C57H37N3O. The summed E-state index contributed by atoms with van der Waals surface area (Å²) in [6.07, 6.45) is 0. The second-order valence-electron chi connectivity index (χ2n) is 15.6. The highest BCUT2D eigenvalue weighted by molar-refractivity contribution is 6.22. The number of para-hydroxylation sites is 2. The van der Waals surface area contributed by atoms with Crippen LogP contribution in [0.3, 0.4) is 0 Å². The molecule has 10 aromatic carbocycles. The molecular weight excluding hydrogens is 743 g/mol. The predicted molar refractivity (Wildman–Crippen MR) is 254 cm³/mol. The first kappa shape index (κ1) is 34.8. The summed E-state index contributed by atoms with van der Waals surface area (Å²) in [6, 6.07) is 80.0. The summed E-state index contributed by atoms with van der Waals surface area (Å²) in [5.41, 5.74) is 13.3. The van der Waals surface area contributed by atoms with Gasteiger partial charge in [0.05, 0.1) is 22.4 Å². The lowest BCUT2D eigenvalue weighted by Crippen LogP contribution is -2.12. The molecule has 0 unspecified atom stereocenters. The summed E-state index contributed by atoms with van der Waals surface area (Å²) in [7, 11) is 0. The molecule has 0 radical (unpaired) electrons. The van der Waals surface area contributed by atoms with Crippen LogP contribution in [0.5, 0.6) is 0 Å². The highest BCUT2D eigenvalue weighted by Crippen LogP contribution is 2.47. The third-order valence-electron chi connectivity index (χ3n) is 12.0. The lowest BCUT2D eigenvalue weighted by Gasteiger charge is -2.28. The number of oxazole rings is 1. The van der Waals surface area contributed by atoms with Gasteiger partial charge in [0, 0.05) is 33.3 Å². The first-order valence-electron chi connectivity index (χ1n) is 20.7. The Morgan fingerprint density at radius 1 is 0.410 bits per heavy atom. The van der Waals surface area contributed by atoms with E-state index in [1.807, 2.05) is 6.07 Å². The van der Waals surface area contributed by atoms with Crippen molar-refractivity contribution in [3.05, 3.63) is 224 Å². The number of hydrogen-bond acceptors (Lipinski definition) is 3. The Morgan fingerprint density at radius 3 is 1.90 bits per heavy atom. The number of anilines is 3. The molecule has 0 fully saturated rings. The minimum atomic E-state index is 0.587. The molecule has 12 aromatic rings. The van der Waals surface area contributed by atoms with Crippen molar-refractivity contribution in [1.82, 2.24) is 9.55 Å². The number of rotatable bonds is 7. The molecule has 12 rings (SSSR count). The Bertz CT molecular complexity index is 3590. The van der Waals surface area contributed by atoms with E-state index in [4.69, 9.17) is 9.40 Å². The smallest absolute Gasteiger partial charge is 0.227 e. The van der Waals surface area contributed by atoms with Gasteiger partial charge in [-0.25, -0.2) is 4.98 Å². The topological polar surface area (TPSA) is 34.2 Å². The van der Waals surface area contributed by atoms with E-state index >= 15 is 0 Å². The Balaban J connectivity index is 1.15. The number of fused-ring (bicyclic) bond motifs is 7. The van der Waals surface area contributed by atoms with Gasteiger partial charge < -0.3 is 13.9 Å². The van der Waals surface area contributed by atoms with Crippen LogP contribution in [0.15, 0.2) is 229 Å². The molecule has 2 aromatic heterocycles. The molecule has 0 bridgehead atoms. The largest absolute Gasteiger partial charge is 0.434 e. The van der Waals surface area contributed by atoms with Crippen LogP contribution >= 0.6 is 0 Å². The van der Waals surface area contributed by atoms with Gasteiger partial charge in [-0.05, 0) is 111 Å². The normalized spacial score (nSPS) is 11.6. The molecule has 4 nitrogen and oxygen atoms in total. The van der Waals surface area contributed by atoms with E-state index in [9.17, 15) is 0 Å². The van der Waals surface area contributed by atoms with Gasteiger partial charge in [-0.2, -0.15) is 0 Å². The van der Waals surface area contributed by atoms with E-state index in [0.29, 0.717) is 11.5 Å². The van der Waals surface area contributed by atoms with Crippen LogP contribution in [0.2, 0.25) is 0 Å². The Labute approximate surface area is 352 Å². The molecule has 0 atom stereocenters. The van der Waals surface area contributed by atoms with Gasteiger partial charge >= 0.3 is 0 Å². The maximum atomic E-state index is 6.92. The second-order valence-corrected chi connectivity index (χ2v) is 15.6. The summed E-state index contributed by atoms with van der Waals surface area (Å²) in [5.74, 6) is 0.587. The molecule has 0 N–H and O–H groups in total. The molecule has 4 heteroatoms. The zero-order chi connectivity index (χ0) is 40.3. The average molecular weight is 780 g/mol. The zero-order valence-corrected chi connectivity index (χ0v) is 33.1. The zero-order valence-electron chi connectivity index (χ0n) is 33.1. The number of benzene rings is 10. The number of hydrogen-bond donors (Lipinski definition) is 0. The van der Waals surface area contributed by atoms with Crippen molar-refractivity contribution < 1.29 is 4.42 Å². The SMILES string of the molecule is c1ccc(-c2ccc(N(c3ccc4c(c3)c3c5ccccc5ccc3n4-c3ccccc3)c3cccc4nc(-c5ccc6ccccc6c5)oc34)c(-c3ccccc3)c2)cc1. The summed E-state index contributed by atoms with van der Waals surface area (Å²) in [4.78, 5) is 7.49. The first-order chi connectivity index (χ1) is 30.2. The summed E-state index contributed by atoms with van der Waals surface area (Å²) >= 11 is 0. The summed E-state index contributed by atoms with van der Waals surface area (Å²) in [5, 5.41) is 7.14. The monoisotopic (exact) mass is 779 g/mol. The predicted octanol–water partition coefficient (Wildman–Crippen LogP) is 15.7. The highest BCUT2D eigenvalue weighted by Gasteiger charge is 2.25. The Morgan fingerprint density at radius 2 is 1.08 bits per heavy atom. The summed E-state index contributed by atoms with van der Waals surface area (Å²) in [6.45, 7) is 0. The van der Waals surface area contributed by atoms with Crippen molar-refractivity contribution in [3.8, 4) is 39.4 Å². The second kappa shape index (κ2) is 14.3. The fourth-order valence-electron chi connectivity index (χ4n) is 9.13. The van der Waals surface area contributed by atoms with E-state index in [2.05, 4.69) is 228 Å². The lowest BCUT2D eigenvalue weighted by atomic mass is 9.96. The average Bonchev–Trinajstić information content (AvgIpc) is 3.93. The fraction of sp³-hybridized carbons (Fsp3) is 0. The van der Waals surface area contributed by atoms with Crippen molar-refractivity contribution in [2.24, 2.45) is 0 Å². The van der Waals surface area contributed by atoms with Crippen LogP contribution in [-0.2, 0) is 0 Å².